The van der Waals surface area contributed by atoms with Gasteiger partial charge < -0.3 is 14.2 Å². The van der Waals surface area contributed by atoms with Crippen LogP contribution >= 0.6 is 15.9 Å². The highest BCUT2D eigenvalue weighted by Crippen LogP contribution is 2.22. The van der Waals surface area contributed by atoms with E-state index in [1.807, 2.05) is 11.0 Å². The molecule has 0 aliphatic carbocycles. The summed E-state index contributed by atoms with van der Waals surface area (Å²) in [5.74, 6) is 0.565. The zero-order valence-electron chi connectivity index (χ0n) is 14.1. The lowest BCUT2D eigenvalue weighted by atomic mass is 10.2. The first kappa shape index (κ1) is 17.1. The topological polar surface area (TPSA) is 52.3 Å². The molecule has 1 aromatic heterocycles. The molecule has 2 aliphatic rings. The fourth-order valence-corrected chi connectivity index (χ4v) is 3.62. The molecule has 1 amide bonds. The van der Waals surface area contributed by atoms with Crippen LogP contribution in [-0.2, 0) is 0 Å². The van der Waals surface area contributed by atoms with Gasteiger partial charge in [0.15, 0.2) is 10.4 Å². The van der Waals surface area contributed by atoms with Gasteiger partial charge in [0.25, 0.3) is 5.91 Å². The van der Waals surface area contributed by atoms with E-state index in [-0.39, 0.29) is 17.5 Å². The summed E-state index contributed by atoms with van der Waals surface area (Å²) in [6, 6.07) is 10.2. The number of aliphatic imine (C=N–C) groups is 1. The molecular formula is C18H18BrFN4O2. The number of halogens is 2. The lowest BCUT2D eigenvalue weighted by molar-refractivity contribution is 0.0811. The smallest absolute Gasteiger partial charge is 0.296 e. The molecule has 1 saturated heterocycles. The molecule has 3 heterocycles. The Labute approximate surface area is 159 Å². The maximum atomic E-state index is 14.0. The number of rotatable bonds is 2. The molecule has 0 unspecified atom stereocenters. The minimum Gasteiger partial charge on any atom is -0.444 e. The normalized spacial score (nSPS) is 17.6. The number of nitrogens with zero attached hydrogens (tertiary/aromatic N) is 4. The Morgan fingerprint density at radius 2 is 1.77 bits per heavy atom. The van der Waals surface area contributed by atoms with Crippen LogP contribution in [0.4, 0.5) is 10.1 Å². The first-order chi connectivity index (χ1) is 12.6. The van der Waals surface area contributed by atoms with Crippen molar-refractivity contribution >= 4 is 33.5 Å². The minimum atomic E-state index is -0.209. The fourth-order valence-electron chi connectivity index (χ4n) is 3.32. The van der Waals surface area contributed by atoms with Crippen molar-refractivity contribution in [3.8, 4) is 0 Å². The van der Waals surface area contributed by atoms with Gasteiger partial charge in [-0.15, -0.1) is 0 Å². The molecule has 136 valence electrons. The molecule has 0 spiro atoms. The molecule has 2 aliphatic heterocycles. The van der Waals surface area contributed by atoms with Crippen molar-refractivity contribution < 1.29 is 13.6 Å². The number of benzene rings is 1. The predicted molar refractivity (Wildman–Crippen MR) is 99.9 cm³/mol. The van der Waals surface area contributed by atoms with Gasteiger partial charge in [0, 0.05) is 32.7 Å². The molecule has 0 bridgehead atoms. The predicted octanol–water partition coefficient (Wildman–Crippen LogP) is 2.82. The minimum absolute atomic E-state index is 0.191. The Balaban J connectivity index is 1.44. The summed E-state index contributed by atoms with van der Waals surface area (Å²) in [4.78, 5) is 23.0. The Morgan fingerprint density at radius 3 is 2.46 bits per heavy atom. The van der Waals surface area contributed by atoms with Crippen molar-refractivity contribution in [3.63, 3.8) is 0 Å². The molecule has 0 atom stereocenters. The number of anilines is 1. The molecule has 26 heavy (non-hydrogen) atoms. The van der Waals surface area contributed by atoms with E-state index >= 15 is 0 Å². The van der Waals surface area contributed by atoms with E-state index in [1.165, 1.54) is 6.07 Å². The molecule has 0 radical (unpaired) electrons. The van der Waals surface area contributed by atoms with Crippen molar-refractivity contribution in [1.82, 2.24) is 9.80 Å². The molecule has 6 nitrogen and oxygen atoms in total. The van der Waals surface area contributed by atoms with Crippen LogP contribution < -0.4 is 4.90 Å². The van der Waals surface area contributed by atoms with Crippen LogP contribution in [-0.4, -0.2) is 60.9 Å². The Hall–Kier alpha value is -2.35. The second kappa shape index (κ2) is 7.11. The molecule has 4 rings (SSSR count). The van der Waals surface area contributed by atoms with Crippen LogP contribution in [0.5, 0.6) is 0 Å². The van der Waals surface area contributed by atoms with Gasteiger partial charge in [-0.05, 0) is 40.2 Å². The van der Waals surface area contributed by atoms with Gasteiger partial charge >= 0.3 is 0 Å². The summed E-state index contributed by atoms with van der Waals surface area (Å²) in [5.41, 5.74) is 0.619. The van der Waals surface area contributed by atoms with E-state index in [4.69, 9.17) is 4.42 Å². The van der Waals surface area contributed by atoms with Gasteiger partial charge in [-0.3, -0.25) is 14.7 Å². The molecular weight excluding hydrogens is 403 g/mol. The lowest BCUT2D eigenvalue weighted by Crippen LogP contribution is -2.53. The highest BCUT2D eigenvalue weighted by Gasteiger charge is 2.32. The summed E-state index contributed by atoms with van der Waals surface area (Å²) in [6.07, 6.45) is 0. The standard InChI is InChI=1S/C18H18BrFN4O2/c19-16-6-5-15(26-16)17(25)24-8-7-21-18(24)23-11-9-22(10-12-23)14-4-2-1-3-13(14)20/h1-6H,7-12H2. The second-order valence-corrected chi connectivity index (χ2v) is 6.95. The SMILES string of the molecule is O=C(c1ccc(Br)o1)N1CCN=C1N1CCN(c2ccccc2F)CC1. The molecule has 2 aromatic rings. The number of hydrogen-bond donors (Lipinski definition) is 0. The number of piperazine rings is 1. The zero-order valence-corrected chi connectivity index (χ0v) is 15.7. The number of para-hydroxylation sites is 1. The first-order valence-corrected chi connectivity index (χ1v) is 9.29. The third-order valence-corrected chi connectivity index (χ3v) is 5.03. The highest BCUT2D eigenvalue weighted by molar-refractivity contribution is 9.10. The van der Waals surface area contributed by atoms with E-state index in [9.17, 15) is 9.18 Å². The summed E-state index contributed by atoms with van der Waals surface area (Å²) in [6.45, 7) is 3.83. The number of guanidine groups is 1. The monoisotopic (exact) mass is 420 g/mol. The van der Waals surface area contributed by atoms with Gasteiger partial charge in [-0.25, -0.2) is 4.39 Å². The number of amides is 1. The maximum Gasteiger partial charge on any atom is 0.296 e. The molecule has 1 aromatic carbocycles. The Bertz CT molecular complexity index is 845. The third kappa shape index (κ3) is 3.21. The van der Waals surface area contributed by atoms with Crippen molar-refractivity contribution in [1.29, 1.82) is 0 Å². The quantitative estimate of drug-likeness (QED) is 0.749. The number of carbonyl (C=O) groups excluding carboxylic acids is 1. The van der Waals surface area contributed by atoms with Gasteiger partial charge in [-0.2, -0.15) is 0 Å². The van der Waals surface area contributed by atoms with E-state index in [0.29, 0.717) is 55.6 Å². The fraction of sp³-hybridized carbons (Fsp3) is 0.333. The van der Waals surface area contributed by atoms with Crippen molar-refractivity contribution in [2.75, 3.05) is 44.2 Å². The Kier molecular flexibility index (Phi) is 4.67. The van der Waals surface area contributed by atoms with Crippen LogP contribution in [0.1, 0.15) is 10.6 Å². The van der Waals surface area contributed by atoms with E-state index < -0.39 is 0 Å². The van der Waals surface area contributed by atoms with Crippen LogP contribution in [0.2, 0.25) is 0 Å². The van der Waals surface area contributed by atoms with Crippen molar-refractivity contribution in [3.05, 3.63) is 52.6 Å². The van der Waals surface area contributed by atoms with Gasteiger partial charge in [0.05, 0.1) is 12.2 Å². The summed E-state index contributed by atoms with van der Waals surface area (Å²) >= 11 is 3.22. The highest BCUT2D eigenvalue weighted by atomic mass is 79.9. The second-order valence-electron chi connectivity index (χ2n) is 6.17. The molecule has 0 saturated carbocycles. The molecule has 0 N–H and O–H groups in total. The van der Waals surface area contributed by atoms with E-state index in [1.54, 1.807) is 29.2 Å². The number of furan rings is 1. The average Bonchev–Trinajstić information content (AvgIpc) is 3.31. The van der Waals surface area contributed by atoms with E-state index in [0.717, 1.165) is 0 Å². The zero-order chi connectivity index (χ0) is 18.1. The van der Waals surface area contributed by atoms with Crippen LogP contribution in [0.15, 0.2) is 50.5 Å². The molecule has 8 heteroatoms. The lowest BCUT2D eigenvalue weighted by Gasteiger charge is -2.38. The Morgan fingerprint density at radius 1 is 1.04 bits per heavy atom. The largest absolute Gasteiger partial charge is 0.444 e. The summed E-state index contributed by atoms with van der Waals surface area (Å²) in [7, 11) is 0. The van der Waals surface area contributed by atoms with Crippen LogP contribution in [0.25, 0.3) is 0 Å². The van der Waals surface area contributed by atoms with Crippen LogP contribution in [0, 0.1) is 5.82 Å². The van der Waals surface area contributed by atoms with Crippen LogP contribution in [0.3, 0.4) is 0 Å². The first-order valence-electron chi connectivity index (χ1n) is 8.49. The van der Waals surface area contributed by atoms with Gasteiger partial charge in [0.1, 0.15) is 5.82 Å². The van der Waals surface area contributed by atoms with Gasteiger partial charge in [-0.1, -0.05) is 12.1 Å². The summed E-state index contributed by atoms with van der Waals surface area (Å²) < 4.78 is 19.9. The number of hydrogen-bond acceptors (Lipinski definition) is 5. The maximum absolute atomic E-state index is 14.0. The van der Waals surface area contributed by atoms with E-state index in [2.05, 4.69) is 25.8 Å². The average molecular weight is 421 g/mol. The third-order valence-electron chi connectivity index (χ3n) is 4.60. The number of carbonyl (C=O) groups is 1. The summed E-state index contributed by atoms with van der Waals surface area (Å²) in [5, 5.41) is 0. The van der Waals surface area contributed by atoms with Gasteiger partial charge in [0.2, 0.25) is 5.96 Å². The van der Waals surface area contributed by atoms with Crippen molar-refractivity contribution in [2.45, 2.75) is 0 Å². The van der Waals surface area contributed by atoms with Crippen molar-refractivity contribution in [2.24, 2.45) is 4.99 Å². The molecule has 1 fully saturated rings.